The molecule has 0 spiro atoms. The molecule has 1 rings (SSSR count). The van der Waals surface area contributed by atoms with Crippen molar-refractivity contribution in [2.24, 2.45) is 5.92 Å². The molecule has 0 aromatic carbocycles. The average Bonchev–Trinajstić information content (AvgIpc) is 2.64. The molecule has 1 aromatic rings. The van der Waals surface area contributed by atoms with Crippen molar-refractivity contribution in [1.82, 2.24) is 4.90 Å². The van der Waals surface area contributed by atoms with E-state index in [1.165, 1.54) is 9.75 Å². The molecular formula is C14H23NO2S. The summed E-state index contributed by atoms with van der Waals surface area (Å²) in [7, 11) is 1.97. The van der Waals surface area contributed by atoms with E-state index in [1.807, 2.05) is 18.4 Å². The number of nitrogens with zero attached hydrogens (tertiary/aromatic N) is 1. The molecule has 3 nitrogen and oxygen atoms in total. The van der Waals surface area contributed by atoms with E-state index in [-0.39, 0.29) is 11.3 Å². The molecule has 1 atom stereocenters. The summed E-state index contributed by atoms with van der Waals surface area (Å²) in [6.45, 7) is 9.76. The van der Waals surface area contributed by atoms with Crippen molar-refractivity contribution in [3.63, 3.8) is 0 Å². The molecule has 1 unspecified atom stereocenters. The van der Waals surface area contributed by atoms with Crippen molar-refractivity contribution in [3.05, 3.63) is 21.9 Å². The zero-order valence-electron chi connectivity index (χ0n) is 11.9. The fourth-order valence-electron chi connectivity index (χ4n) is 1.74. The van der Waals surface area contributed by atoms with Crippen molar-refractivity contribution in [3.8, 4) is 0 Å². The van der Waals surface area contributed by atoms with E-state index in [9.17, 15) is 4.79 Å². The Balaban J connectivity index is 2.57. The molecule has 1 heterocycles. The first-order chi connectivity index (χ1) is 8.20. The number of carbonyl (C=O) groups is 1. The molecule has 0 fully saturated rings. The second kappa shape index (κ2) is 5.85. The monoisotopic (exact) mass is 269 g/mol. The summed E-state index contributed by atoms with van der Waals surface area (Å²) in [5.41, 5.74) is 0.190. The summed E-state index contributed by atoms with van der Waals surface area (Å²) in [6, 6.07) is 4.32. The van der Waals surface area contributed by atoms with Crippen LogP contribution in [0.4, 0.5) is 0 Å². The van der Waals surface area contributed by atoms with E-state index in [0.29, 0.717) is 6.54 Å². The van der Waals surface area contributed by atoms with E-state index < -0.39 is 5.97 Å². The van der Waals surface area contributed by atoms with Crippen molar-refractivity contribution in [1.29, 1.82) is 0 Å². The molecular weight excluding hydrogens is 246 g/mol. The molecule has 0 aliphatic heterocycles. The van der Waals surface area contributed by atoms with Gasteiger partial charge >= 0.3 is 5.97 Å². The number of rotatable bonds is 5. The molecule has 0 aliphatic carbocycles. The molecule has 0 radical (unpaired) electrons. The van der Waals surface area contributed by atoms with Gasteiger partial charge in [0.2, 0.25) is 0 Å². The molecule has 1 aromatic heterocycles. The van der Waals surface area contributed by atoms with E-state index in [1.54, 1.807) is 6.92 Å². The average molecular weight is 269 g/mol. The van der Waals surface area contributed by atoms with Crippen LogP contribution in [0.1, 0.15) is 37.4 Å². The number of carboxylic acids is 1. The molecule has 0 amide bonds. The van der Waals surface area contributed by atoms with Crippen LogP contribution in [0.25, 0.3) is 0 Å². The van der Waals surface area contributed by atoms with Crippen molar-refractivity contribution >= 4 is 17.3 Å². The third kappa shape index (κ3) is 4.42. The highest BCUT2D eigenvalue weighted by molar-refractivity contribution is 7.12. The first-order valence-corrected chi connectivity index (χ1v) is 7.02. The van der Waals surface area contributed by atoms with Crippen LogP contribution in [0.3, 0.4) is 0 Å². The van der Waals surface area contributed by atoms with Crippen molar-refractivity contribution < 1.29 is 9.90 Å². The Morgan fingerprint density at radius 3 is 2.50 bits per heavy atom. The van der Waals surface area contributed by atoms with Gasteiger partial charge in [0, 0.05) is 22.8 Å². The molecule has 0 saturated carbocycles. The molecule has 102 valence electrons. The molecule has 18 heavy (non-hydrogen) atoms. The number of hydrogen-bond acceptors (Lipinski definition) is 3. The molecule has 4 heteroatoms. The minimum Gasteiger partial charge on any atom is -0.481 e. The number of thiophene rings is 1. The second-order valence-corrected chi connectivity index (χ2v) is 7.12. The van der Waals surface area contributed by atoms with Crippen molar-refractivity contribution in [2.45, 2.75) is 39.7 Å². The minimum atomic E-state index is -0.733. The topological polar surface area (TPSA) is 40.5 Å². The maximum Gasteiger partial charge on any atom is 0.307 e. The summed E-state index contributed by atoms with van der Waals surface area (Å²) in [4.78, 5) is 15.5. The van der Waals surface area contributed by atoms with Crippen molar-refractivity contribution in [2.75, 3.05) is 13.6 Å². The van der Waals surface area contributed by atoms with Gasteiger partial charge in [0.1, 0.15) is 0 Å². The van der Waals surface area contributed by atoms with Gasteiger partial charge in [0.15, 0.2) is 0 Å². The standard InChI is InChI=1S/C14H23NO2S/c1-10(13(16)17)8-15(5)9-11-6-7-12(18-11)14(2,3)4/h6-7,10H,8-9H2,1-5H3,(H,16,17). The zero-order valence-corrected chi connectivity index (χ0v) is 12.7. The van der Waals surface area contributed by atoms with Gasteiger partial charge in [-0.1, -0.05) is 27.7 Å². The van der Waals surface area contributed by atoms with Crippen LogP contribution in [-0.2, 0) is 16.8 Å². The van der Waals surface area contributed by atoms with Gasteiger partial charge in [-0.2, -0.15) is 0 Å². The maximum atomic E-state index is 10.8. The molecule has 1 N–H and O–H groups in total. The lowest BCUT2D eigenvalue weighted by molar-refractivity contribution is -0.141. The van der Waals surface area contributed by atoms with Gasteiger partial charge < -0.3 is 10.0 Å². The Kier molecular flexibility index (Phi) is 4.93. The van der Waals surface area contributed by atoms with Gasteiger partial charge in [-0.15, -0.1) is 11.3 Å². The quantitative estimate of drug-likeness (QED) is 0.892. The number of carboxylic acid groups (broad SMARTS) is 1. The molecule has 0 bridgehead atoms. The van der Waals surface area contributed by atoms with Crippen LogP contribution < -0.4 is 0 Å². The van der Waals surface area contributed by atoms with E-state index in [4.69, 9.17) is 5.11 Å². The first kappa shape index (κ1) is 15.2. The third-order valence-electron chi connectivity index (χ3n) is 2.83. The highest BCUT2D eigenvalue weighted by atomic mass is 32.1. The number of hydrogen-bond donors (Lipinski definition) is 1. The Hall–Kier alpha value is -0.870. The Morgan fingerprint density at radius 1 is 1.44 bits per heavy atom. The second-order valence-electron chi connectivity index (χ2n) is 5.95. The highest BCUT2D eigenvalue weighted by Crippen LogP contribution is 2.29. The summed E-state index contributed by atoms with van der Waals surface area (Å²) in [5, 5.41) is 8.88. The van der Waals surface area contributed by atoms with Crippen LogP contribution in [0.5, 0.6) is 0 Å². The Bertz CT molecular complexity index is 406. The summed E-state index contributed by atoms with van der Waals surface area (Å²) in [5.74, 6) is -1.06. The maximum absolute atomic E-state index is 10.8. The predicted molar refractivity (Wildman–Crippen MR) is 76.2 cm³/mol. The lowest BCUT2D eigenvalue weighted by Gasteiger charge is -2.18. The fourth-order valence-corrected chi connectivity index (χ4v) is 2.89. The van der Waals surface area contributed by atoms with Crippen LogP contribution in [0, 0.1) is 5.92 Å². The van der Waals surface area contributed by atoms with E-state index in [0.717, 1.165) is 6.54 Å². The van der Waals surface area contributed by atoms with Gasteiger partial charge in [0.25, 0.3) is 0 Å². The lowest BCUT2D eigenvalue weighted by Crippen LogP contribution is -2.27. The predicted octanol–water partition coefficient (Wildman–Crippen LogP) is 3.20. The SMILES string of the molecule is CC(CN(C)Cc1ccc(C(C)(C)C)s1)C(=O)O. The number of aliphatic carboxylic acids is 1. The van der Waals surface area contributed by atoms with Gasteiger partial charge in [-0.3, -0.25) is 4.79 Å². The summed E-state index contributed by atoms with van der Waals surface area (Å²) < 4.78 is 0. The third-order valence-corrected chi connectivity index (χ3v) is 4.33. The molecule has 0 aliphatic rings. The first-order valence-electron chi connectivity index (χ1n) is 6.20. The largest absolute Gasteiger partial charge is 0.481 e. The highest BCUT2D eigenvalue weighted by Gasteiger charge is 2.17. The van der Waals surface area contributed by atoms with Gasteiger partial charge in [0.05, 0.1) is 5.92 Å². The van der Waals surface area contributed by atoms with Gasteiger partial charge in [-0.05, 0) is 24.6 Å². The smallest absolute Gasteiger partial charge is 0.307 e. The Labute approximate surface area is 113 Å². The fraction of sp³-hybridized carbons (Fsp3) is 0.643. The van der Waals surface area contributed by atoms with Crippen LogP contribution in [0.15, 0.2) is 12.1 Å². The van der Waals surface area contributed by atoms with Crippen LogP contribution in [0.2, 0.25) is 0 Å². The van der Waals surface area contributed by atoms with Gasteiger partial charge in [-0.25, -0.2) is 0 Å². The van der Waals surface area contributed by atoms with E-state index in [2.05, 4.69) is 37.8 Å². The minimum absolute atomic E-state index is 0.190. The van der Waals surface area contributed by atoms with E-state index >= 15 is 0 Å². The molecule has 0 saturated heterocycles. The Morgan fingerprint density at radius 2 is 2.06 bits per heavy atom. The lowest BCUT2D eigenvalue weighted by atomic mass is 9.95. The van der Waals surface area contributed by atoms with Crippen LogP contribution in [-0.4, -0.2) is 29.6 Å². The van der Waals surface area contributed by atoms with Crippen LogP contribution >= 0.6 is 11.3 Å². The normalized spacial score (nSPS) is 13.9. The zero-order chi connectivity index (χ0) is 13.9. The summed E-state index contributed by atoms with van der Waals surface area (Å²) >= 11 is 1.81. The summed E-state index contributed by atoms with van der Waals surface area (Å²) in [6.07, 6.45) is 0.